The summed E-state index contributed by atoms with van der Waals surface area (Å²) in [6.45, 7) is 2.19. The van der Waals surface area contributed by atoms with Crippen LogP contribution in [0.2, 0.25) is 0 Å². The van der Waals surface area contributed by atoms with Gasteiger partial charge < -0.3 is 20.6 Å². The minimum absolute atomic E-state index is 0.0579. The first-order valence-corrected chi connectivity index (χ1v) is 13.1. The molecule has 6 rings (SSSR count). The minimum atomic E-state index is -1.88. The number of aliphatic hydroxyl groups excluding tert-OH is 2. The van der Waals surface area contributed by atoms with Gasteiger partial charge >= 0.3 is 0 Å². The first-order valence-electron chi connectivity index (χ1n) is 13.1. The maximum atomic E-state index is 16.2. The van der Waals surface area contributed by atoms with Crippen LogP contribution in [-0.4, -0.2) is 63.1 Å². The third kappa shape index (κ3) is 3.83. The van der Waals surface area contributed by atoms with Crippen molar-refractivity contribution >= 4 is 16.3 Å². The van der Waals surface area contributed by atoms with Crippen LogP contribution in [-0.2, 0) is 0 Å². The normalized spacial score (nSPS) is 39.5. The number of rotatable bonds is 1. The quantitative estimate of drug-likeness (QED) is 0.447. The SMILES string of the molecule is CC12CC=C3C(O)C4(F)CC(O)CCC4CC[C@]3(O)C1CC=C2c1ccc2cnncc2c1.CNC. The summed E-state index contributed by atoms with van der Waals surface area (Å²) in [5.74, 6) is -0.470. The lowest BCUT2D eigenvalue weighted by molar-refractivity contribution is -0.0963. The van der Waals surface area contributed by atoms with Crippen molar-refractivity contribution < 1.29 is 19.7 Å². The summed E-state index contributed by atoms with van der Waals surface area (Å²) < 4.78 is 16.2. The van der Waals surface area contributed by atoms with Crippen LogP contribution in [0, 0.1) is 17.3 Å². The molecule has 7 atom stereocenters. The molecule has 4 N–H and O–H groups in total. The Hall–Kier alpha value is -2.19. The summed E-state index contributed by atoms with van der Waals surface area (Å²) in [5, 5.41) is 46.3. The number of halogens is 1. The summed E-state index contributed by atoms with van der Waals surface area (Å²) in [5.41, 5.74) is -0.715. The summed E-state index contributed by atoms with van der Waals surface area (Å²) in [6, 6.07) is 6.27. The van der Waals surface area contributed by atoms with Gasteiger partial charge in [0.25, 0.3) is 0 Å². The third-order valence-electron chi connectivity index (χ3n) is 9.32. The molecule has 0 bridgehead atoms. The van der Waals surface area contributed by atoms with Gasteiger partial charge in [0.05, 0.1) is 24.1 Å². The molecule has 0 amide bonds. The zero-order valence-corrected chi connectivity index (χ0v) is 21.4. The first kappa shape index (κ1) is 25.5. The number of aromatic nitrogens is 2. The Morgan fingerprint density at radius 2 is 1.75 bits per heavy atom. The summed E-state index contributed by atoms with van der Waals surface area (Å²) in [6.07, 6.45) is 8.84. The molecule has 7 heteroatoms. The molecular formula is C29H38FN3O3. The minimum Gasteiger partial charge on any atom is -0.393 e. The largest absolute Gasteiger partial charge is 0.393 e. The van der Waals surface area contributed by atoms with Gasteiger partial charge in [0.1, 0.15) is 11.8 Å². The number of hydrogen-bond acceptors (Lipinski definition) is 6. The summed E-state index contributed by atoms with van der Waals surface area (Å²) >= 11 is 0. The zero-order valence-electron chi connectivity index (χ0n) is 21.4. The maximum Gasteiger partial charge on any atom is 0.145 e. The number of alkyl halides is 1. The van der Waals surface area contributed by atoms with Crippen LogP contribution >= 0.6 is 0 Å². The van der Waals surface area contributed by atoms with Gasteiger partial charge in [-0.25, -0.2) is 4.39 Å². The van der Waals surface area contributed by atoms with E-state index in [1.165, 1.54) is 5.57 Å². The van der Waals surface area contributed by atoms with Gasteiger partial charge in [-0.05, 0) is 81.3 Å². The molecule has 0 spiro atoms. The topological polar surface area (TPSA) is 98.5 Å². The van der Waals surface area contributed by atoms with Crippen LogP contribution in [0.1, 0.15) is 57.4 Å². The average Bonchev–Trinajstić information content (AvgIpc) is 3.18. The standard InChI is InChI=1S/C27H31FN2O3.C2H7N/c1-25-10-9-22-24(32)26(28)13-20(31)5-4-19(26)8-11-27(22,33)23(25)7-6-21(25)16-2-3-17-14-29-30-15-18(17)12-16;1-3-2/h2-3,6,9,12,14-15,19-20,23-24,31-33H,4-5,7-8,10-11,13H2,1H3;3H,1-2H3/t19?,20?,23?,24?,25?,26?,27-;/m1./s1. The molecule has 1 heterocycles. The van der Waals surface area contributed by atoms with Gasteiger partial charge in [0.15, 0.2) is 0 Å². The highest BCUT2D eigenvalue weighted by atomic mass is 19.1. The number of aliphatic hydroxyl groups is 3. The van der Waals surface area contributed by atoms with Crippen molar-refractivity contribution in [2.24, 2.45) is 17.3 Å². The van der Waals surface area contributed by atoms with E-state index in [0.29, 0.717) is 44.1 Å². The Kier molecular flexibility index (Phi) is 6.56. The van der Waals surface area contributed by atoms with Crippen LogP contribution in [0.5, 0.6) is 0 Å². The molecule has 2 saturated carbocycles. The van der Waals surface area contributed by atoms with E-state index in [1.807, 2.05) is 26.2 Å². The Morgan fingerprint density at radius 1 is 1.03 bits per heavy atom. The van der Waals surface area contributed by atoms with Crippen LogP contribution in [0.3, 0.4) is 0 Å². The molecule has 36 heavy (non-hydrogen) atoms. The first-order chi connectivity index (χ1) is 17.2. The van der Waals surface area contributed by atoms with Gasteiger partial charge in [0, 0.05) is 28.5 Å². The molecule has 2 aromatic rings. The second-order valence-corrected chi connectivity index (χ2v) is 11.4. The molecule has 6 unspecified atom stereocenters. The molecular weight excluding hydrogens is 457 g/mol. The third-order valence-corrected chi connectivity index (χ3v) is 9.32. The smallest absolute Gasteiger partial charge is 0.145 e. The van der Waals surface area contributed by atoms with Crippen molar-refractivity contribution in [1.29, 1.82) is 0 Å². The Bertz CT molecular complexity index is 1200. The molecule has 1 aromatic heterocycles. The molecule has 4 aliphatic rings. The fraction of sp³-hybridized carbons (Fsp3) is 0.586. The highest BCUT2D eigenvalue weighted by molar-refractivity contribution is 5.86. The van der Waals surface area contributed by atoms with Crippen LogP contribution in [0.4, 0.5) is 4.39 Å². The number of hydrogen-bond donors (Lipinski definition) is 4. The molecule has 6 nitrogen and oxygen atoms in total. The molecule has 0 aliphatic heterocycles. The van der Waals surface area contributed by atoms with E-state index >= 15 is 4.39 Å². The highest BCUT2D eigenvalue weighted by Crippen LogP contribution is 2.63. The van der Waals surface area contributed by atoms with Crippen molar-refractivity contribution in [3.8, 4) is 0 Å². The van der Waals surface area contributed by atoms with Crippen LogP contribution < -0.4 is 5.32 Å². The van der Waals surface area contributed by atoms with E-state index in [1.54, 1.807) is 12.4 Å². The van der Waals surface area contributed by atoms with Gasteiger partial charge in [0.2, 0.25) is 0 Å². The van der Waals surface area contributed by atoms with Gasteiger partial charge in [-0.3, -0.25) is 0 Å². The van der Waals surface area contributed by atoms with Crippen LogP contribution in [0.15, 0.2) is 48.3 Å². The fourth-order valence-corrected chi connectivity index (χ4v) is 7.50. The lowest BCUT2D eigenvalue weighted by Crippen LogP contribution is -2.55. The van der Waals surface area contributed by atoms with Crippen molar-refractivity contribution in [1.82, 2.24) is 15.5 Å². The molecule has 4 aliphatic carbocycles. The van der Waals surface area contributed by atoms with Gasteiger partial charge in [-0.1, -0.05) is 31.2 Å². The number of fused-ring (bicyclic) bond motifs is 5. The van der Waals surface area contributed by atoms with Gasteiger partial charge in [-0.15, -0.1) is 0 Å². The van der Waals surface area contributed by atoms with E-state index in [0.717, 1.165) is 16.3 Å². The molecule has 0 radical (unpaired) electrons. The van der Waals surface area contributed by atoms with E-state index in [-0.39, 0.29) is 23.7 Å². The van der Waals surface area contributed by atoms with Crippen molar-refractivity contribution in [2.45, 2.75) is 75.3 Å². The Morgan fingerprint density at radius 3 is 2.50 bits per heavy atom. The summed E-state index contributed by atoms with van der Waals surface area (Å²) in [7, 11) is 3.75. The monoisotopic (exact) mass is 495 g/mol. The zero-order chi connectivity index (χ0) is 25.7. The van der Waals surface area contributed by atoms with E-state index in [9.17, 15) is 15.3 Å². The molecule has 194 valence electrons. The predicted molar refractivity (Wildman–Crippen MR) is 139 cm³/mol. The van der Waals surface area contributed by atoms with E-state index in [2.05, 4.69) is 40.6 Å². The van der Waals surface area contributed by atoms with Crippen LogP contribution in [0.25, 0.3) is 16.3 Å². The van der Waals surface area contributed by atoms with E-state index < -0.39 is 23.5 Å². The van der Waals surface area contributed by atoms with Crippen molar-refractivity contribution in [3.05, 3.63) is 53.9 Å². The fourth-order valence-electron chi connectivity index (χ4n) is 7.50. The number of allylic oxidation sites excluding steroid dienone is 3. The number of benzene rings is 1. The lowest BCUT2D eigenvalue weighted by Gasteiger charge is -2.50. The average molecular weight is 496 g/mol. The maximum absolute atomic E-state index is 16.2. The second-order valence-electron chi connectivity index (χ2n) is 11.4. The lowest BCUT2D eigenvalue weighted by atomic mass is 9.57. The van der Waals surface area contributed by atoms with E-state index in [4.69, 9.17) is 0 Å². The predicted octanol–water partition coefficient (Wildman–Crippen LogP) is 3.96. The number of nitrogens with one attached hydrogen (secondary N) is 1. The molecule has 1 aromatic carbocycles. The molecule has 0 saturated heterocycles. The highest BCUT2D eigenvalue weighted by Gasteiger charge is 2.62. The molecule has 2 fully saturated rings. The van der Waals surface area contributed by atoms with Crippen molar-refractivity contribution in [2.75, 3.05) is 14.1 Å². The van der Waals surface area contributed by atoms with Gasteiger partial charge in [-0.2, -0.15) is 10.2 Å². The second kappa shape index (κ2) is 9.28. The number of nitrogens with zero attached hydrogens (tertiary/aromatic N) is 2. The van der Waals surface area contributed by atoms with Crippen molar-refractivity contribution in [3.63, 3.8) is 0 Å². The summed E-state index contributed by atoms with van der Waals surface area (Å²) in [4.78, 5) is 0. The Labute approximate surface area is 212 Å². The Balaban J connectivity index is 0.000000848.